The van der Waals surface area contributed by atoms with Crippen molar-refractivity contribution in [1.29, 1.82) is 0 Å². The first kappa shape index (κ1) is 11.7. The van der Waals surface area contributed by atoms with Gasteiger partial charge in [-0.15, -0.1) is 0 Å². The maximum atomic E-state index is 12.2. The molecule has 88 valence electrons. The Morgan fingerprint density at radius 3 is 2.56 bits per heavy atom. The van der Waals surface area contributed by atoms with Crippen molar-refractivity contribution in [1.82, 2.24) is 4.31 Å². The number of sulfonamides is 1. The fourth-order valence-corrected chi connectivity index (χ4v) is 3.63. The molecule has 1 atom stereocenters. The van der Waals surface area contributed by atoms with Gasteiger partial charge in [0.2, 0.25) is 10.0 Å². The van der Waals surface area contributed by atoms with Crippen LogP contribution in [-0.2, 0) is 10.0 Å². The second-order valence-electron chi connectivity index (χ2n) is 3.88. The molecular formula is C10H13ClN2O2S. The lowest BCUT2D eigenvalue weighted by Gasteiger charge is -2.39. The van der Waals surface area contributed by atoms with Gasteiger partial charge in [-0.1, -0.05) is 11.6 Å². The van der Waals surface area contributed by atoms with Crippen molar-refractivity contribution in [2.45, 2.75) is 18.0 Å². The van der Waals surface area contributed by atoms with E-state index in [2.05, 4.69) is 0 Å². The lowest BCUT2D eigenvalue weighted by Crippen LogP contribution is -2.49. The Labute approximate surface area is 100 Å². The maximum Gasteiger partial charge on any atom is 0.246 e. The lowest BCUT2D eigenvalue weighted by molar-refractivity contribution is 0.373. The third kappa shape index (κ3) is 1.50. The number of benzene rings is 1. The average Bonchev–Trinajstić information content (AvgIpc) is 2.24. The summed E-state index contributed by atoms with van der Waals surface area (Å²) in [5.74, 6) is 0. The second-order valence-corrected chi connectivity index (χ2v) is 6.28. The molecule has 0 saturated heterocycles. The molecule has 0 spiro atoms. The number of rotatable bonds is 0. The molecule has 1 aliphatic heterocycles. The van der Waals surface area contributed by atoms with E-state index in [1.807, 2.05) is 18.9 Å². The van der Waals surface area contributed by atoms with E-state index in [4.69, 9.17) is 11.6 Å². The first-order valence-corrected chi connectivity index (χ1v) is 6.68. The summed E-state index contributed by atoms with van der Waals surface area (Å²) in [6.07, 6.45) is -0.196. The molecule has 1 aromatic rings. The maximum absolute atomic E-state index is 12.2. The fraction of sp³-hybridized carbons (Fsp3) is 0.400. The van der Waals surface area contributed by atoms with E-state index in [9.17, 15) is 8.42 Å². The van der Waals surface area contributed by atoms with Crippen LogP contribution in [0.25, 0.3) is 0 Å². The summed E-state index contributed by atoms with van der Waals surface area (Å²) < 4.78 is 25.6. The minimum Gasteiger partial charge on any atom is -0.357 e. The predicted octanol–water partition coefficient (Wildman–Crippen LogP) is 1.76. The highest BCUT2D eigenvalue weighted by molar-refractivity contribution is 7.89. The number of hydrogen-bond donors (Lipinski definition) is 0. The Balaban J connectivity index is 2.74. The van der Waals surface area contributed by atoms with E-state index < -0.39 is 10.0 Å². The third-order valence-electron chi connectivity index (χ3n) is 3.05. The van der Waals surface area contributed by atoms with E-state index in [0.29, 0.717) is 10.7 Å². The summed E-state index contributed by atoms with van der Waals surface area (Å²) in [6, 6.07) is 4.92. The molecule has 0 aliphatic carbocycles. The molecule has 0 saturated carbocycles. The van der Waals surface area contributed by atoms with Crippen LogP contribution >= 0.6 is 11.6 Å². The van der Waals surface area contributed by atoms with Crippen LogP contribution in [0.4, 0.5) is 5.69 Å². The van der Waals surface area contributed by atoms with E-state index in [1.165, 1.54) is 10.4 Å². The van der Waals surface area contributed by atoms with E-state index >= 15 is 0 Å². The molecule has 0 N–H and O–H groups in total. The van der Waals surface area contributed by atoms with Crippen LogP contribution in [0.15, 0.2) is 23.1 Å². The minimum absolute atomic E-state index is 0.196. The van der Waals surface area contributed by atoms with Crippen LogP contribution in [0.1, 0.15) is 6.92 Å². The molecule has 2 rings (SSSR count). The highest BCUT2D eigenvalue weighted by Crippen LogP contribution is 2.35. The van der Waals surface area contributed by atoms with Crippen molar-refractivity contribution in [3.05, 3.63) is 23.2 Å². The van der Waals surface area contributed by atoms with Gasteiger partial charge >= 0.3 is 0 Å². The van der Waals surface area contributed by atoms with Gasteiger partial charge in [-0.25, -0.2) is 8.42 Å². The van der Waals surface area contributed by atoms with Gasteiger partial charge in [0.25, 0.3) is 0 Å². The normalized spacial score (nSPS) is 24.2. The van der Waals surface area contributed by atoms with Crippen molar-refractivity contribution in [3.8, 4) is 0 Å². The molecule has 0 bridgehead atoms. The standard InChI is InChI=1S/C10H13ClN2O2S/c1-7-12(2)9-5-4-8(11)6-10(9)16(14,15)13(7)3/h4-7H,1-3H3. The van der Waals surface area contributed by atoms with Gasteiger partial charge in [0.1, 0.15) is 4.90 Å². The predicted molar refractivity (Wildman–Crippen MR) is 64.3 cm³/mol. The Kier molecular flexibility index (Phi) is 2.64. The Hall–Kier alpha value is -0.780. The van der Waals surface area contributed by atoms with Crippen molar-refractivity contribution >= 4 is 27.3 Å². The molecule has 1 unspecified atom stereocenters. The minimum atomic E-state index is -3.42. The third-order valence-corrected chi connectivity index (χ3v) is 5.23. The highest BCUT2D eigenvalue weighted by atomic mass is 35.5. The molecule has 0 aromatic heterocycles. The van der Waals surface area contributed by atoms with Gasteiger partial charge in [0, 0.05) is 19.1 Å². The number of fused-ring (bicyclic) bond motifs is 1. The Morgan fingerprint density at radius 1 is 1.31 bits per heavy atom. The quantitative estimate of drug-likeness (QED) is 0.714. The van der Waals surface area contributed by atoms with Crippen LogP contribution in [0.2, 0.25) is 5.02 Å². The van der Waals surface area contributed by atoms with Crippen molar-refractivity contribution < 1.29 is 8.42 Å². The SMILES string of the molecule is CC1N(C)c2ccc(Cl)cc2S(=O)(=O)N1C. The summed E-state index contributed by atoms with van der Waals surface area (Å²) in [5, 5.41) is 0.429. The van der Waals surface area contributed by atoms with E-state index in [0.717, 1.165) is 0 Å². The van der Waals surface area contributed by atoms with Crippen LogP contribution in [0.5, 0.6) is 0 Å². The van der Waals surface area contributed by atoms with Crippen molar-refractivity contribution in [2.75, 3.05) is 19.0 Å². The summed E-state index contributed by atoms with van der Waals surface area (Å²) in [5.41, 5.74) is 0.690. The van der Waals surface area contributed by atoms with Crippen molar-refractivity contribution in [3.63, 3.8) is 0 Å². The first-order chi connectivity index (χ1) is 7.35. The number of hydrogen-bond acceptors (Lipinski definition) is 3. The Morgan fingerprint density at radius 2 is 1.94 bits per heavy atom. The van der Waals surface area contributed by atoms with E-state index in [-0.39, 0.29) is 11.1 Å². The molecule has 1 aromatic carbocycles. The molecule has 0 amide bonds. The van der Waals surface area contributed by atoms with Gasteiger partial charge < -0.3 is 4.90 Å². The van der Waals surface area contributed by atoms with Crippen LogP contribution in [0.3, 0.4) is 0 Å². The Bertz CT molecular complexity index is 530. The first-order valence-electron chi connectivity index (χ1n) is 4.86. The molecule has 1 heterocycles. The molecule has 4 nitrogen and oxygen atoms in total. The lowest BCUT2D eigenvalue weighted by atomic mass is 10.3. The monoisotopic (exact) mass is 260 g/mol. The van der Waals surface area contributed by atoms with Crippen LogP contribution in [0, 0.1) is 0 Å². The molecular weight excluding hydrogens is 248 g/mol. The van der Waals surface area contributed by atoms with Gasteiger partial charge in [0.15, 0.2) is 0 Å². The zero-order valence-corrected chi connectivity index (χ0v) is 10.9. The van der Waals surface area contributed by atoms with Crippen molar-refractivity contribution in [2.24, 2.45) is 0 Å². The molecule has 0 fully saturated rings. The molecule has 6 heteroatoms. The summed E-state index contributed by atoms with van der Waals surface area (Å²) in [4.78, 5) is 2.18. The number of halogens is 1. The zero-order valence-electron chi connectivity index (χ0n) is 9.31. The van der Waals surface area contributed by atoms with Crippen LogP contribution < -0.4 is 4.90 Å². The zero-order chi connectivity index (χ0) is 12.1. The molecule has 0 radical (unpaired) electrons. The highest BCUT2D eigenvalue weighted by Gasteiger charge is 2.36. The summed E-state index contributed by atoms with van der Waals surface area (Å²) >= 11 is 5.83. The fourth-order valence-electron chi connectivity index (χ4n) is 1.79. The van der Waals surface area contributed by atoms with E-state index in [1.54, 1.807) is 19.2 Å². The average molecular weight is 261 g/mol. The molecule has 16 heavy (non-hydrogen) atoms. The topological polar surface area (TPSA) is 40.6 Å². The molecule has 1 aliphatic rings. The van der Waals surface area contributed by atoms with Gasteiger partial charge in [-0.2, -0.15) is 4.31 Å². The summed E-state index contributed by atoms with van der Waals surface area (Å²) in [6.45, 7) is 1.84. The van der Waals surface area contributed by atoms with Gasteiger partial charge in [0.05, 0.1) is 11.9 Å². The number of anilines is 1. The van der Waals surface area contributed by atoms with Gasteiger partial charge in [-0.3, -0.25) is 0 Å². The summed E-state index contributed by atoms with van der Waals surface area (Å²) in [7, 11) is 0.0153. The largest absolute Gasteiger partial charge is 0.357 e. The number of nitrogens with zero attached hydrogens (tertiary/aromatic N) is 2. The second kappa shape index (κ2) is 3.61. The smallest absolute Gasteiger partial charge is 0.246 e. The van der Waals surface area contributed by atoms with Crippen LogP contribution in [-0.4, -0.2) is 33.0 Å². The van der Waals surface area contributed by atoms with Gasteiger partial charge in [-0.05, 0) is 25.1 Å².